The number of carbonyl (C=O) groups excluding carboxylic acids is 1. The second-order valence-corrected chi connectivity index (χ2v) is 8.77. The summed E-state index contributed by atoms with van der Waals surface area (Å²) in [6.07, 6.45) is 1.65. The van der Waals surface area contributed by atoms with E-state index in [1.807, 2.05) is 32.0 Å². The number of anilines is 1. The van der Waals surface area contributed by atoms with Crippen LogP contribution in [0.3, 0.4) is 0 Å². The van der Waals surface area contributed by atoms with E-state index in [9.17, 15) is 9.59 Å². The fourth-order valence-corrected chi connectivity index (χ4v) is 4.00. The maximum absolute atomic E-state index is 12.9. The molecule has 5 aromatic rings. The van der Waals surface area contributed by atoms with Gasteiger partial charge in [-0.15, -0.1) is 0 Å². The Morgan fingerprint density at radius 2 is 1.86 bits per heavy atom. The monoisotopic (exact) mass is 487 g/mol. The molecule has 9 nitrogen and oxygen atoms in total. The fraction of sp³-hybridized carbons (Fsp3) is 0.160. The molecule has 3 heterocycles. The molecule has 0 saturated heterocycles. The van der Waals surface area contributed by atoms with Gasteiger partial charge in [0, 0.05) is 11.1 Å². The van der Waals surface area contributed by atoms with Crippen molar-refractivity contribution in [3.63, 3.8) is 0 Å². The first-order valence-electron chi connectivity index (χ1n) is 11.0. The minimum Gasteiger partial charge on any atom is -0.310 e. The third-order valence-corrected chi connectivity index (χ3v) is 6.06. The lowest BCUT2D eigenvalue weighted by atomic mass is 10.1. The predicted octanol–water partition coefficient (Wildman–Crippen LogP) is 4.05. The van der Waals surface area contributed by atoms with Gasteiger partial charge in [0.15, 0.2) is 5.65 Å². The van der Waals surface area contributed by atoms with E-state index in [4.69, 9.17) is 11.6 Å². The number of rotatable bonds is 5. The molecule has 0 aliphatic rings. The molecule has 0 spiro atoms. The Morgan fingerprint density at radius 1 is 1.09 bits per heavy atom. The zero-order valence-electron chi connectivity index (χ0n) is 19.3. The Balaban J connectivity index is 1.53. The predicted molar refractivity (Wildman–Crippen MR) is 135 cm³/mol. The van der Waals surface area contributed by atoms with Crippen molar-refractivity contribution in [2.45, 2.75) is 27.2 Å². The molecule has 3 aromatic heterocycles. The number of aromatic amines is 1. The lowest BCUT2D eigenvalue weighted by Gasteiger charge is -2.11. The number of amides is 1. The van der Waals surface area contributed by atoms with Crippen molar-refractivity contribution in [2.75, 3.05) is 5.32 Å². The van der Waals surface area contributed by atoms with Crippen LogP contribution >= 0.6 is 11.6 Å². The van der Waals surface area contributed by atoms with Gasteiger partial charge in [-0.1, -0.05) is 35.9 Å². The fourth-order valence-electron chi connectivity index (χ4n) is 3.87. The molecule has 0 fully saturated rings. The van der Waals surface area contributed by atoms with Crippen LogP contribution in [0.25, 0.3) is 22.7 Å². The topological polar surface area (TPSA) is 110 Å². The summed E-state index contributed by atoms with van der Waals surface area (Å²) in [6.45, 7) is 5.81. The SMILES string of the molecule is Cc1cc(NC(=O)Cc2ccc(Cl)cc2)n(-c2nc3c(cnn3-c3cccc(C)c3C)c(=O)[nH]2)n1. The van der Waals surface area contributed by atoms with Crippen molar-refractivity contribution in [3.8, 4) is 11.6 Å². The van der Waals surface area contributed by atoms with Crippen LogP contribution in [0.2, 0.25) is 5.02 Å². The van der Waals surface area contributed by atoms with Gasteiger partial charge < -0.3 is 5.32 Å². The molecule has 0 bridgehead atoms. The van der Waals surface area contributed by atoms with Crippen LogP contribution in [0, 0.1) is 20.8 Å². The Bertz CT molecular complexity index is 1630. The Morgan fingerprint density at radius 3 is 2.63 bits per heavy atom. The molecule has 0 aliphatic carbocycles. The summed E-state index contributed by atoms with van der Waals surface area (Å²) >= 11 is 5.93. The minimum absolute atomic E-state index is 0.157. The molecule has 0 radical (unpaired) electrons. The smallest absolute Gasteiger partial charge is 0.263 e. The van der Waals surface area contributed by atoms with Gasteiger partial charge in [0.2, 0.25) is 11.9 Å². The first-order valence-corrected chi connectivity index (χ1v) is 11.3. The quantitative estimate of drug-likeness (QED) is 0.388. The molecule has 2 aromatic carbocycles. The molecule has 10 heteroatoms. The molecular formula is C25H22ClN7O2. The lowest BCUT2D eigenvalue weighted by molar-refractivity contribution is -0.115. The highest BCUT2D eigenvalue weighted by molar-refractivity contribution is 6.30. The molecule has 2 N–H and O–H groups in total. The van der Waals surface area contributed by atoms with E-state index in [0.717, 1.165) is 22.4 Å². The first kappa shape index (κ1) is 22.5. The van der Waals surface area contributed by atoms with E-state index in [-0.39, 0.29) is 23.8 Å². The van der Waals surface area contributed by atoms with Crippen molar-refractivity contribution in [3.05, 3.63) is 92.5 Å². The number of fused-ring (bicyclic) bond motifs is 1. The molecule has 0 atom stereocenters. The number of hydrogen-bond donors (Lipinski definition) is 2. The normalized spacial score (nSPS) is 11.2. The van der Waals surface area contributed by atoms with Gasteiger partial charge in [-0.05, 0) is 55.7 Å². The number of nitrogens with zero attached hydrogens (tertiary/aromatic N) is 5. The van der Waals surface area contributed by atoms with Crippen LogP contribution in [0.1, 0.15) is 22.4 Å². The average molecular weight is 488 g/mol. The second-order valence-electron chi connectivity index (χ2n) is 8.34. The average Bonchev–Trinajstić information content (AvgIpc) is 3.40. The molecule has 1 amide bonds. The third kappa shape index (κ3) is 4.33. The highest BCUT2D eigenvalue weighted by Crippen LogP contribution is 2.22. The molecule has 35 heavy (non-hydrogen) atoms. The van der Waals surface area contributed by atoms with E-state index < -0.39 is 0 Å². The summed E-state index contributed by atoms with van der Waals surface area (Å²) in [5.41, 5.74) is 4.47. The molecule has 176 valence electrons. The number of benzene rings is 2. The van der Waals surface area contributed by atoms with E-state index in [1.54, 1.807) is 41.9 Å². The van der Waals surface area contributed by atoms with E-state index in [0.29, 0.717) is 27.6 Å². The number of aryl methyl sites for hydroxylation is 2. The van der Waals surface area contributed by atoms with Crippen LogP contribution in [0.4, 0.5) is 5.82 Å². The van der Waals surface area contributed by atoms with Crippen molar-refractivity contribution in [1.29, 1.82) is 0 Å². The van der Waals surface area contributed by atoms with Crippen molar-refractivity contribution < 1.29 is 4.79 Å². The molecule has 0 saturated carbocycles. The van der Waals surface area contributed by atoms with Crippen molar-refractivity contribution >= 4 is 34.4 Å². The highest BCUT2D eigenvalue weighted by Gasteiger charge is 2.18. The van der Waals surface area contributed by atoms with Gasteiger partial charge in [0.05, 0.1) is 24.0 Å². The number of nitrogens with one attached hydrogen (secondary N) is 2. The Hall–Kier alpha value is -4.24. The molecule has 5 rings (SSSR count). The number of halogens is 1. The lowest BCUT2D eigenvalue weighted by Crippen LogP contribution is -2.20. The van der Waals surface area contributed by atoms with E-state index >= 15 is 0 Å². The summed E-state index contributed by atoms with van der Waals surface area (Å²) < 4.78 is 3.06. The number of aromatic nitrogens is 6. The summed E-state index contributed by atoms with van der Waals surface area (Å²) in [7, 11) is 0. The Labute approximate surface area is 205 Å². The molecule has 0 unspecified atom stereocenters. The van der Waals surface area contributed by atoms with Gasteiger partial charge in [-0.3, -0.25) is 14.6 Å². The Kier molecular flexibility index (Phi) is 5.70. The summed E-state index contributed by atoms with van der Waals surface area (Å²) in [5.74, 6) is 0.323. The van der Waals surface area contributed by atoms with Gasteiger partial charge in [0.25, 0.3) is 5.56 Å². The minimum atomic E-state index is -0.354. The number of hydrogen-bond acceptors (Lipinski definition) is 5. The number of carbonyl (C=O) groups is 1. The van der Waals surface area contributed by atoms with E-state index in [1.165, 1.54) is 10.9 Å². The maximum atomic E-state index is 12.9. The zero-order chi connectivity index (χ0) is 24.7. The van der Waals surface area contributed by atoms with Crippen LogP contribution in [-0.4, -0.2) is 35.4 Å². The van der Waals surface area contributed by atoms with E-state index in [2.05, 4.69) is 25.5 Å². The van der Waals surface area contributed by atoms with Crippen LogP contribution in [0.15, 0.2) is 59.5 Å². The van der Waals surface area contributed by atoms with Gasteiger partial charge in [-0.25, -0.2) is 4.68 Å². The summed E-state index contributed by atoms with van der Waals surface area (Å²) in [5, 5.41) is 12.7. The standard InChI is InChI=1S/C25H22ClN7O2/c1-14-5-4-6-20(16(14)3)32-23-19(13-27-32)24(35)30-25(29-23)33-21(11-15(2)31-33)28-22(34)12-17-7-9-18(26)10-8-17/h4-11,13H,12H2,1-3H3,(H,28,34)(H,29,30,35). The highest BCUT2D eigenvalue weighted by atomic mass is 35.5. The molecular weight excluding hydrogens is 466 g/mol. The van der Waals surface area contributed by atoms with Gasteiger partial charge in [0.1, 0.15) is 11.2 Å². The van der Waals surface area contributed by atoms with Gasteiger partial charge in [-0.2, -0.15) is 19.9 Å². The van der Waals surface area contributed by atoms with Crippen LogP contribution < -0.4 is 10.9 Å². The number of H-pyrrole nitrogens is 1. The largest absolute Gasteiger partial charge is 0.310 e. The first-order chi connectivity index (χ1) is 16.8. The molecule has 0 aliphatic heterocycles. The second kappa shape index (κ2) is 8.84. The maximum Gasteiger partial charge on any atom is 0.263 e. The van der Waals surface area contributed by atoms with Crippen LogP contribution in [0.5, 0.6) is 0 Å². The van der Waals surface area contributed by atoms with Crippen molar-refractivity contribution in [1.82, 2.24) is 29.5 Å². The van der Waals surface area contributed by atoms with Crippen molar-refractivity contribution in [2.24, 2.45) is 0 Å². The van der Waals surface area contributed by atoms with Gasteiger partial charge >= 0.3 is 0 Å². The summed E-state index contributed by atoms with van der Waals surface area (Å²) in [6, 6.07) is 14.7. The third-order valence-electron chi connectivity index (χ3n) is 5.81. The van der Waals surface area contributed by atoms with Crippen LogP contribution in [-0.2, 0) is 11.2 Å². The summed E-state index contributed by atoms with van der Waals surface area (Å²) in [4.78, 5) is 33.0. The zero-order valence-corrected chi connectivity index (χ0v) is 20.1.